The lowest BCUT2D eigenvalue weighted by molar-refractivity contribution is -0.136. The summed E-state index contributed by atoms with van der Waals surface area (Å²) in [5.41, 5.74) is 1.80. The summed E-state index contributed by atoms with van der Waals surface area (Å²) in [7, 11) is 0. The van der Waals surface area contributed by atoms with Crippen molar-refractivity contribution in [1.82, 2.24) is 25.0 Å². The van der Waals surface area contributed by atoms with Crippen molar-refractivity contribution in [2.45, 2.75) is 38.0 Å². The molecule has 4 aliphatic heterocycles. The van der Waals surface area contributed by atoms with Crippen molar-refractivity contribution < 1.29 is 42.7 Å². The number of nitrogens with zero attached hydrogens (tertiary/aromatic N) is 5. The third-order valence-corrected chi connectivity index (χ3v) is 10.9. The molecule has 8 rings (SSSR count). The molecule has 0 spiro atoms. The normalized spacial score (nSPS) is 19.3. The summed E-state index contributed by atoms with van der Waals surface area (Å²) in [6.45, 7) is 2.23. The van der Waals surface area contributed by atoms with Crippen LogP contribution < -0.4 is 15.5 Å². The SMILES string of the molecule is O=C1CCC(N2C(=O)c3cc(F)c(CN4CCN(c5ccc6c(c5)C(=O)N(C(C(=O)Nc5nccs5)c5cc(F)ccc5O)C6)CC4)cc3C2=O)C(=O)N1. The monoisotopic (exact) mass is 755 g/mol. The number of aromatic nitrogens is 1. The van der Waals surface area contributed by atoms with Crippen LogP contribution in [0.25, 0.3) is 0 Å². The number of benzene rings is 3. The lowest BCUT2D eigenvalue weighted by Crippen LogP contribution is -2.54. The van der Waals surface area contributed by atoms with E-state index in [2.05, 4.69) is 20.5 Å². The molecule has 0 radical (unpaired) electrons. The molecule has 6 amide bonds. The zero-order chi connectivity index (χ0) is 37.8. The molecule has 2 saturated heterocycles. The summed E-state index contributed by atoms with van der Waals surface area (Å²) in [6.07, 6.45) is 1.48. The molecule has 5 heterocycles. The van der Waals surface area contributed by atoms with Crippen LogP contribution in [0.3, 0.4) is 0 Å². The van der Waals surface area contributed by atoms with Gasteiger partial charge in [-0.3, -0.25) is 49.2 Å². The maximum atomic E-state index is 15.3. The molecule has 276 valence electrons. The van der Waals surface area contributed by atoms with E-state index in [1.165, 1.54) is 28.5 Å². The smallest absolute Gasteiger partial charge is 0.262 e. The summed E-state index contributed by atoms with van der Waals surface area (Å²) in [5.74, 6) is -5.52. The number of amides is 6. The van der Waals surface area contributed by atoms with E-state index < -0.39 is 59.2 Å². The fourth-order valence-corrected chi connectivity index (χ4v) is 7.96. The van der Waals surface area contributed by atoms with E-state index in [0.717, 1.165) is 34.9 Å². The Labute approximate surface area is 310 Å². The lowest BCUT2D eigenvalue weighted by atomic mass is 10.0. The fourth-order valence-electron chi connectivity index (χ4n) is 7.43. The van der Waals surface area contributed by atoms with Gasteiger partial charge < -0.3 is 14.9 Å². The van der Waals surface area contributed by atoms with Gasteiger partial charge in [-0.05, 0) is 54.4 Å². The van der Waals surface area contributed by atoms with Crippen LogP contribution in [0.5, 0.6) is 5.75 Å². The highest BCUT2D eigenvalue weighted by atomic mass is 32.1. The minimum Gasteiger partial charge on any atom is -0.508 e. The van der Waals surface area contributed by atoms with E-state index in [9.17, 15) is 38.3 Å². The van der Waals surface area contributed by atoms with E-state index in [-0.39, 0.29) is 59.1 Å². The predicted molar refractivity (Wildman–Crippen MR) is 188 cm³/mol. The third kappa shape index (κ3) is 6.24. The van der Waals surface area contributed by atoms with Gasteiger partial charge in [-0.1, -0.05) is 6.07 Å². The maximum Gasteiger partial charge on any atom is 0.262 e. The number of phenolic OH excluding ortho intramolecular Hbond substituents is 1. The Kier molecular flexibility index (Phi) is 8.89. The standard InChI is InChI=1S/C37H31F2N7O7S/c38-21-2-5-29(47)26(14-21)31(33(50)42-37-40-7-12-54-37)45-18-19-1-3-22(15-23(19)34(45)51)44-10-8-43(9-11-44)17-20-13-24-25(16-27(20)39)36(53)46(35(24)52)28-4-6-30(48)41-32(28)49/h1-3,5,7,12-16,28,31,47H,4,6,8-11,17-18H2,(H,40,42,50)(H,41,48,49). The molecule has 14 nitrogen and oxygen atoms in total. The van der Waals surface area contributed by atoms with Crippen LogP contribution >= 0.6 is 11.3 Å². The molecular weight excluding hydrogens is 725 g/mol. The van der Waals surface area contributed by atoms with E-state index in [1.54, 1.807) is 17.5 Å². The molecule has 4 aromatic rings. The van der Waals surface area contributed by atoms with Gasteiger partial charge in [0.05, 0.1) is 11.1 Å². The Morgan fingerprint density at radius 1 is 0.944 bits per heavy atom. The number of phenols is 1. The zero-order valence-corrected chi connectivity index (χ0v) is 29.2. The van der Waals surface area contributed by atoms with Gasteiger partial charge in [0.15, 0.2) is 5.13 Å². The Morgan fingerprint density at radius 2 is 1.70 bits per heavy atom. The van der Waals surface area contributed by atoms with Gasteiger partial charge in [0.2, 0.25) is 11.8 Å². The summed E-state index contributed by atoms with van der Waals surface area (Å²) < 4.78 is 29.7. The molecule has 2 fully saturated rings. The van der Waals surface area contributed by atoms with E-state index in [4.69, 9.17) is 0 Å². The number of piperazine rings is 1. The second kappa shape index (κ2) is 13.7. The molecule has 2 unspecified atom stereocenters. The number of nitrogens with one attached hydrogen (secondary N) is 2. The van der Waals surface area contributed by atoms with Crippen molar-refractivity contribution >= 4 is 57.6 Å². The molecule has 1 aromatic heterocycles. The first-order valence-corrected chi connectivity index (χ1v) is 18.0. The van der Waals surface area contributed by atoms with E-state index >= 15 is 4.39 Å². The minimum atomic E-state index is -1.36. The average Bonchev–Trinajstić information content (AvgIpc) is 3.84. The molecule has 0 aliphatic carbocycles. The first-order chi connectivity index (χ1) is 26.0. The summed E-state index contributed by atoms with van der Waals surface area (Å²) in [6, 6.07) is 8.52. The quantitative estimate of drug-likeness (QED) is 0.227. The van der Waals surface area contributed by atoms with Gasteiger partial charge in [-0.2, -0.15) is 0 Å². The number of carbonyl (C=O) groups is 6. The fraction of sp³-hybridized carbons (Fsp3) is 0.270. The van der Waals surface area contributed by atoms with E-state index in [0.29, 0.717) is 37.3 Å². The van der Waals surface area contributed by atoms with Crippen molar-refractivity contribution in [2.24, 2.45) is 0 Å². The molecule has 4 aliphatic rings. The highest BCUT2D eigenvalue weighted by molar-refractivity contribution is 7.13. The second-order valence-electron chi connectivity index (χ2n) is 13.4. The summed E-state index contributed by atoms with van der Waals surface area (Å²) >= 11 is 1.17. The summed E-state index contributed by atoms with van der Waals surface area (Å²) in [4.78, 5) is 88.0. The van der Waals surface area contributed by atoms with Gasteiger partial charge >= 0.3 is 0 Å². The van der Waals surface area contributed by atoms with Crippen LogP contribution in [0.1, 0.15) is 66.6 Å². The van der Waals surface area contributed by atoms with Crippen LogP contribution in [-0.4, -0.2) is 92.5 Å². The number of imide groups is 2. The van der Waals surface area contributed by atoms with Gasteiger partial charge in [0, 0.05) is 79.6 Å². The Balaban J connectivity index is 0.948. The molecule has 17 heteroatoms. The van der Waals surface area contributed by atoms with Crippen molar-refractivity contribution in [3.63, 3.8) is 0 Å². The zero-order valence-electron chi connectivity index (χ0n) is 28.4. The molecule has 3 N–H and O–H groups in total. The average molecular weight is 756 g/mol. The number of rotatable bonds is 8. The van der Waals surface area contributed by atoms with E-state index in [1.807, 2.05) is 11.0 Å². The maximum absolute atomic E-state index is 15.3. The Hall–Kier alpha value is -6.07. The number of anilines is 2. The van der Waals surface area contributed by atoms with Crippen molar-refractivity contribution in [2.75, 3.05) is 36.4 Å². The van der Waals surface area contributed by atoms with Crippen molar-refractivity contribution in [3.05, 3.63) is 105 Å². The van der Waals surface area contributed by atoms with Crippen LogP contribution in [0, 0.1) is 11.6 Å². The Morgan fingerprint density at radius 3 is 2.43 bits per heavy atom. The highest BCUT2D eigenvalue weighted by Crippen LogP contribution is 2.38. The number of aromatic hydroxyl groups is 1. The number of carbonyl (C=O) groups excluding carboxylic acids is 6. The molecule has 2 atom stereocenters. The predicted octanol–water partition coefficient (Wildman–Crippen LogP) is 3.19. The topological polar surface area (TPSA) is 173 Å². The van der Waals surface area contributed by atoms with Crippen LogP contribution in [0.4, 0.5) is 19.6 Å². The second-order valence-corrected chi connectivity index (χ2v) is 14.3. The van der Waals surface area contributed by atoms with Crippen molar-refractivity contribution in [3.8, 4) is 5.75 Å². The number of hydrogen-bond donors (Lipinski definition) is 3. The molecule has 54 heavy (non-hydrogen) atoms. The first kappa shape index (κ1) is 35.0. The molecule has 0 saturated carbocycles. The molecular formula is C37H31F2N7O7S. The van der Waals surface area contributed by atoms with Crippen LogP contribution in [0.2, 0.25) is 0 Å². The lowest BCUT2D eigenvalue weighted by Gasteiger charge is -2.36. The van der Waals surface area contributed by atoms with Crippen LogP contribution in [-0.2, 0) is 27.5 Å². The van der Waals surface area contributed by atoms with Crippen molar-refractivity contribution in [1.29, 1.82) is 0 Å². The number of halogens is 2. The number of hydrogen-bond acceptors (Lipinski definition) is 11. The summed E-state index contributed by atoms with van der Waals surface area (Å²) in [5, 5.41) is 17.4. The number of fused-ring (bicyclic) bond motifs is 2. The highest BCUT2D eigenvalue weighted by Gasteiger charge is 2.45. The first-order valence-electron chi connectivity index (χ1n) is 17.1. The number of thiazole rings is 1. The minimum absolute atomic E-state index is 0.00256. The number of piperidine rings is 1. The Bertz CT molecular complexity index is 2260. The van der Waals surface area contributed by atoms with Gasteiger partial charge in [0.1, 0.15) is 29.5 Å². The largest absolute Gasteiger partial charge is 0.508 e. The van der Waals surface area contributed by atoms with Gasteiger partial charge in [0.25, 0.3) is 23.6 Å². The third-order valence-electron chi connectivity index (χ3n) is 10.2. The van der Waals surface area contributed by atoms with Crippen LogP contribution in [0.15, 0.2) is 60.1 Å². The van der Waals surface area contributed by atoms with Gasteiger partial charge in [-0.25, -0.2) is 13.8 Å². The molecule has 3 aromatic carbocycles. The van der Waals surface area contributed by atoms with Gasteiger partial charge in [-0.15, -0.1) is 11.3 Å². The molecule has 0 bridgehead atoms.